The Morgan fingerprint density at radius 2 is 1.88 bits per heavy atom. The van der Waals surface area contributed by atoms with Crippen LogP contribution in [0.2, 0.25) is 0 Å². The van der Waals surface area contributed by atoms with E-state index in [1.165, 1.54) is 34.3 Å². The molecule has 0 fully saturated rings. The van der Waals surface area contributed by atoms with Crippen molar-refractivity contribution < 1.29 is 18.3 Å². The van der Waals surface area contributed by atoms with E-state index in [9.17, 15) is 18.3 Å². The van der Waals surface area contributed by atoms with E-state index in [1.54, 1.807) is 0 Å². The normalized spacial score (nSPS) is 16.0. The van der Waals surface area contributed by atoms with Gasteiger partial charge in [-0.2, -0.15) is 24.5 Å². The Hall–Kier alpha value is -0.850. The lowest BCUT2D eigenvalue weighted by Crippen LogP contribution is -2.42. The zero-order valence-electron chi connectivity index (χ0n) is 7.86. The number of rotatable bonds is 2. The van der Waals surface area contributed by atoms with Gasteiger partial charge in [0.25, 0.3) is 0 Å². The molecule has 0 aliphatic carbocycles. The molecule has 0 aromatic carbocycles. The number of thiophene rings is 2. The molecule has 2 aromatic heterocycles. The van der Waals surface area contributed by atoms with Crippen LogP contribution in [0, 0.1) is 0 Å². The lowest BCUT2D eigenvalue weighted by Gasteiger charge is -2.28. The number of aliphatic hydroxyl groups is 1. The average molecular weight is 264 g/mol. The predicted molar refractivity (Wildman–Crippen MR) is 57.7 cm³/mol. The highest BCUT2D eigenvalue weighted by Gasteiger charge is 2.57. The summed E-state index contributed by atoms with van der Waals surface area (Å²) in [6, 6.07) is 4.07. The Bertz CT molecular complexity index is 411. The molecule has 1 N–H and O–H groups in total. The van der Waals surface area contributed by atoms with E-state index in [-0.39, 0.29) is 10.4 Å². The van der Waals surface area contributed by atoms with Crippen LogP contribution in [-0.4, -0.2) is 11.3 Å². The number of alkyl halides is 3. The van der Waals surface area contributed by atoms with Gasteiger partial charge in [-0.25, -0.2) is 0 Å². The summed E-state index contributed by atoms with van der Waals surface area (Å²) >= 11 is 2.01. The van der Waals surface area contributed by atoms with Crippen LogP contribution in [0.5, 0.6) is 0 Å². The average Bonchev–Trinajstić information content (AvgIpc) is 2.88. The van der Waals surface area contributed by atoms with Crippen LogP contribution in [0.4, 0.5) is 13.2 Å². The van der Waals surface area contributed by atoms with Crippen molar-refractivity contribution in [1.29, 1.82) is 0 Å². The van der Waals surface area contributed by atoms with E-state index in [2.05, 4.69) is 0 Å². The largest absolute Gasteiger partial charge is 0.426 e. The van der Waals surface area contributed by atoms with Gasteiger partial charge >= 0.3 is 6.18 Å². The van der Waals surface area contributed by atoms with Gasteiger partial charge in [0.1, 0.15) is 0 Å². The van der Waals surface area contributed by atoms with Gasteiger partial charge < -0.3 is 5.11 Å². The Morgan fingerprint density at radius 1 is 1.12 bits per heavy atom. The minimum Gasteiger partial charge on any atom is -0.372 e. The van der Waals surface area contributed by atoms with E-state index in [1.807, 2.05) is 0 Å². The lowest BCUT2D eigenvalue weighted by molar-refractivity contribution is -0.246. The second kappa shape index (κ2) is 3.87. The molecule has 86 valence electrons. The first kappa shape index (κ1) is 11.6. The lowest BCUT2D eigenvalue weighted by atomic mass is 9.94. The smallest absolute Gasteiger partial charge is 0.372 e. The summed E-state index contributed by atoms with van der Waals surface area (Å²) in [5, 5.41) is 14.3. The summed E-state index contributed by atoms with van der Waals surface area (Å²) in [5.41, 5.74) is -3.02. The van der Waals surface area contributed by atoms with Crippen molar-refractivity contribution in [1.82, 2.24) is 0 Å². The van der Waals surface area contributed by atoms with Crippen molar-refractivity contribution in [2.45, 2.75) is 11.8 Å². The second-order valence-corrected chi connectivity index (χ2v) is 4.93. The summed E-state index contributed by atoms with van der Waals surface area (Å²) in [6.07, 6.45) is -4.72. The van der Waals surface area contributed by atoms with Gasteiger partial charge in [-0.05, 0) is 28.3 Å². The van der Waals surface area contributed by atoms with Gasteiger partial charge in [0.15, 0.2) is 0 Å². The van der Waals surface area contributed by atoms with Crippen molar-refractivity contribution in [2.24, 2.45) is 0 Å². The SMILES string of the molecule is OC(c1ccsc1)(c1cccs1)C(F)(F)F. The highest BCUT2D eigenvalue weighted by atomic mass is 32.1. The molecule has 0 aliphatic heterocycles. The fraction of sp³-hybridized carbons (Fsp3) is 0.200. The molecule has 6 heteroatoms. The summed E-state index contributed by atoms with van der Waals surface area (Å²) in [4.78, 5) is -0.113. The fourth-order valence-corrected chi connectivity index (χ4v) is 2.96. The van der Waals surface area contributed by atoms with E-state index in [0.29, 0.717) is 0 Å². The van der Waals surface area contributed by atoms with Gasteiger partial charge in [-0.15, -0.1) is 11.3 Å². The fourth-order valence-electron chi connectivity index (χ4n) is 1.40. The highest BCUT2D eigenvalue weighted by Crippen LogP contribution is 2.46. The van der Waals surface area contributed by atoms with Crippen LogP contribution >= 0.6 is 22.7 Å². The zero-order chi connectivity index (χ0) is 11.8. The van der Waals surface area contributed by atoms with E-state index in [4.69, 9.17) is 0 Å². The maximum atomic E-state index is 13.0. The van der Waals surface area contributed by atoms with Gasteiger partial charge in [-0.1, -0.05) is 6.07 Å². The highest BCUT2D eigenvalue weighted by molar-refractivity contribution is 7.10. The van der Waals surface area contributed by atoms with Crippen LogP contribution < -0.4 is 0 Å². The molecule has 2 aromatic rings. The van der Waals surface area contributed by atoms with Gasteiger partial charge in [0.2, 0.25) is 5.60 Å². The Balaban J connectivity index is 2.59. The van der Waals surface area contributed by atoms with Gasteiger partial charge in [-0.3, -0.25) is 0 Å². The summed E-state index contributed by atoms with van der Waals surface area (Å²) in [6.45, 7) is 0. The molecule has 2 heterocycles. The number of halogens is 3. The van der Waals surface area contributed by atoms with Crippen LogP contribution in [-0.2, 0) is 5.60 Å². The van der Waals surface area contributed by atoms with Crippen LogP contribution in [0.3, 0.4) is 0 Å². The third-order valence-electron chi connectivity index (χ3n) is 2.23. The minimum absolute atomic E-state index is 0.113. The third-order valence-corrected chi connectivity index (χ3v) is 3.89. The van der Waals surface area contributed by atoms with Crippen molar-refractivity contribution in [3.63, 3.8) is 0 Å². The number of hydrogen-bond acceptors (Lipinski definition) is 3. The molecule has 2 rings (SSSR count). The molecule has 0 amide bonds. The molecule has 1 nitrogen and oxygen atoms in total. The molecular formula is C10H7F3OS2. The standard InChI is InChI=1S/C10H7F3OS2/c11-10(12,13)9(14,7-3-5-15-6-7)8-2-1-4-16-8/h1-6,14H. The van der Waals surface area contributed by atoms with Crippen molar-refractivity contribution in [3.05, 3.63) is 44.8 Å². The van der Waals surface area contributed by atoms with Gasteiger partial charge in [0.05, 0.1) is 0 Å². The summed E-state index contributed by atoms with van der Waals surface area (Å²) in [5.74, 6) is 0. The molecule has 0 saturated carbocycles. The van der Waals surface area contributed by atoms with Crippen molar-refractivity contribution >= 4 is 22.7 Å². The molecule has 0 spiro atoms. The quantitative estimate of drug-likeness (QED) is 0.878. The molecule has 1 unspecified atom stereocenters. The van der Waals surface area contributed by atoms with Gasteiger partial charge in [0, 0.05) is 10.4 Å². The first-order valence-corrected chi connectivity index (χ1v) is 6.14. The molecule has 0 aliphatic rings. The summed E-state index contributed by atoms with van der Waals surface area (Å²) < 4.78 is 39.0. The maximum absolute atomic E-state index is 13.0. The Labute approximate surface area is 97.8 Å². The maximum Gasteiger partial charge on any atom is 0.426 e. The first-order valence-electron chi connectivity index (χ1n) is 4.32. The zero-order valence-corrected chi connectivity index (χ0v) is 9.49. The van der Waals surface area contributed by atoms with Crippen LogP contribution in [0.15, 0.2) is 34.3 Å². The minimum atomic E-state index is -4.72. The van der Waals surface area contributed by atoms with Crippen molar-refractivity contribution in [3.8, 4) is 0 Å². The molecular weight excluding hydrogens is 257 g/mol. The van der Waals surface area contributed by atoms with E-state index < -0.39 is 11.8 Å². The molecule has 0 bridgehead atoms. The molecule has 16 heavy (non-hydrogen) atoms. The predicted octanol–water partition coefficient (Wildman–Crippen LogP) is 3.61. The molecule has 0 saturated heterocycles. The van der Waals surface area contributed by atoms with E-state index in [0.717, 1.165) is 22.7 Å². The van der Waals surface area contributed by atoms with Crippen LogP contribution in [0.1, 0.15) is 10.4 Å². The van der Waals surface area contributed by atoms with Crippen LogP contribution in [0.25, 0.3) is 0 Å². The van der Waals surface area contributed by atoms with E-state index >= 15 is 0 Å². The number of hydrogen-bond donors (Lipinski definition) is 1. The molecule has 1 atom stereocenters. The summed E-state index contributed by atoms with van der Waals surface area (Å²) in [7, 11) is 0. The Kier molecular flexibility index (Phi) is 2.81. The molecule has 0 radical (unpaired) electrons. The topological polar surface area (TPSA) is 20.2 Å². The Morgan fingerprint density at radius 3 is 2.31 bits per heavy atom. The monoisotopic (exact) mass is 264 g/mol. The van der Waals surface area contributed by atoms with Crippen molar-refractivity contribution in [2.75, 3.05) is 0 Å². The third kappa shape index (κ3) is 1.66. The first-order chi connectivity index (χ1) is 7.46. The second-order valence-electron chi connectivity index (χ2n) is 3.20.